The molecular weight excluding hydrogens is 357 g/mol. The molecule has 28 heavy (non-hydrogen) atoms. The van der Waals surface area contributed by atoms with E-state index >= 15 is 0 Å². The van der Waals surface area contributed by atoms with E-state index in [9.17, 15) is 9.18 Å². The number of aromatic nitrogens is 2. The largest absolute Gasteiger partial charge is 0.458 e. The molecule has 0 radical (unpaired) electrons. The predicted molar refractivity (Wildman–Crippen MR) is 105 cm³/mol. The van der Waals surface area contributed by atoms with Crippen LogP contribution in [0.4, 0.5) is 4.39 Å². The molecule has 1 saturated heterocycles. The second-order valence-electron chi connectivity index (χ2n) is 7.13. The van der Waals surface area contributed by atoms with Crippen molar-refractivity contribution in [1.29, 1.82) is 0 Å². The summed E-state index contributed by atoms with van der Waals surface area (Å²) in [6, 6.07) is 12.0. The van der Waals surface area contributed by atoms with Gasteiger partial charge >= 0.3 is 0 Å². The first kappa shape index (κ1) is 18.5. The number of fused-ring (bicyclic) bond motifs is 1. The summed E-state index contributed by atoms with van der Waals surface area (Å²) in [6.45, 7) is 2.44. The molecule has 144 valence electrons. The van der Waals surface area contributed by atoms with Gasteiger partial charge in [0.05, 0.1) is 16.9 Å². The van der Waals surface area contributed by atoms with Crippen molar-refractivity contribution >= 4 is 17.4 Å². The lowest BCUT2D eigenvalue weighted by molar-refractivity contribution is -0.135. The highest BCUT2D eigenvalue weighted by atomic mass is 19.1. The maximum Gasteiger partial charge on any atom is 0.293 e. The number of hydrogen-bond donors (Lipinski definition) is 1. The summed E-state index contributed by atoms with van der Waals surface area (Å²) in [6.07, 6.45) is 4.08. The number of piperidine rings is 1. The maximum absolute atomic E-state index is 13.8. The summed E-state index contributed by atoms with van der Waals surface area (Å²) >= 11 is 0. The van der Waals surface area contributed by atoms with Crippen LogP contribution < -0.4 is 5.32 Å². The maximum atomic E-state index is 13.8. The van der Waals surface area contributed by atoms with Gasteiger partial charge in [-0.05, 0) is 62.5 Å². The average Bonchev–Trinajstić information content (AvgIpc) is 2.73. The van der Waals surface area contributed by atoms with Crippen molar-refractivity contribution in [3.8, 4) is 11.3 Å². The number of rotatable bonds is 6. The summed E-state index contributed by atoms with van der Waals surface area (Å²) < 4.78 is 19.3. The summed E-state index contributed by atoms with van der Waals surface area (Å²) in [5.74, 6) is 0.138. The van der Waals surface area contributed by atoms with Crippen molar-refractivity contribution in [3.63, 3.8) is 0 Å². The molecule has 0 aliphatic carbocycles. The van der Waals surface area contributed by atoms with E-state index in [2.05, 4.69) is 10.3 Å². The Morgan fingerprint density at radius 1 is 1.21 bits per heavy atom. The molecule has 1 aliphatic heterocycles. The van der Waals surface area contributed by atoms with Crippen LogP contribution in [0, 0.1) is 11.7 Å². The monoisotopic (exact) mass is 379 g/mol. The molecule has 3 heterocycles. The highest BCUT2D eigenvalue weighted by molar-refractivity contribution is 5.91. The molecule has 1 atom stereocenters. The van der Waals surface area contributed by atoms with Gasteiger partial charge in [0.25, 0.3) is 6.47 Å². The number of ether oxygens (including phenoxy) is 1. The number of pyridine rings is 2. The van der Waals surface area contributed by atoms with Crippen LogP contribution in [-0.2, 0) is 9.53 Å². The molecule has 6 heteroatoms. The summed E-state index contributed by atoms with van der Waals surface area (Å²) in [5, 5.41) is 4.24. The minimum absolute atomic E-state index is 0.329. The Bertz CT molecular complexity index is 973. The minimum Gasteiger partial charge on any atom is -0.458 e. The predicted octanol–water partition coefficient (Wildman–Crippen LogP) is 4.04. The third-order valence-electron chi connectivity index (χ3n) is 5.26. The van der Waals surface area contributed by atoms with Gasteiger partial charge in [0.15, 0.2) is 0 Å². The smallest absolute Gasteiger partial charge is 0.293 e. The molecule has 1 unspecified atom stereocenters. The van der Waals surface area contributed by atoms with E-state index in [4.69, 9.17) is 9.72 Å². The number of halogens is 1. The summed E-state index contributed by atoms with van der Waals surface area (Å²) in [5.41, 5.74) is 2.61. The van der Waals surface area contributed by atoms with Gasteiger partial charge in [-0.2, -0.15) is 0 Å². The van der Waals surface area contributed by atoms with Gasteiger partial charge in [-0.1, -0.05) is 18.2 Å². The van der Waals surface area contributed by atoms with Crippen molar-refractivity contribution in [1.82, 2.24) is 15.3 Å². The van der Waals surface area contributed by atoms with E-state index in [-0.39, 0.29) is 5.82 Å². The Morgan fingerprint density at radius 2 is 2.07 bits per heavy atom. The summed E-state index contributed by atoms with van der Waals surface area (Å²) in [7, 11) is 0. The molecule has 3 aromatic rings. The lowest BCUT2D eigenvalue weighted by atomic mass is 9.90. The Kier molecular flexibility index (Phi) is 5.58. The Morgan fingerprint density at radius 3 is 2.86 bits per heavy atom. The van der Waals surface area contributed by atoms with E-state index in [1.54, 1.807) is 12.3 Å². The topological polar surface area (TPSA) is 64.1 Å². The van der Waals surface area contributed by atoms with Crippen LogP contribution in [0.3, 0.4) is 0 Å². The first-order valence-corrected chi connectivity index (χ1v) is 9.56. The molecule has 5 nitrogen and oxygen atoms in total. The lowest BCUT2D eigenvalue weighted by Gasteiger charge is -2.26. The second kappa shape index (κ2) is 8.44. The fraction of sp³-hybridized carbons (Fsp3) is 0.318. The zero-order valence-corrected chi connectivity index (χ0v) is 15.5. The number of nitrogens with one attached hydrogen (secondary N) is 1. The van der Waals surface area contributed by atoms with Crippen LogP contribution in [-0.4, -0.2) is 29.5 Å². The molecule has 0 bridgehead atoms. The molecule has 1 N–H and O–H groups in total. The number of carbonyl (C=O) groups excluding carboxylic acids is 1. The molecule has 1 aliphatic rings. The molecular formula is C22H22FN3O2. The fourth-order valence-corrected chi connectivity index (χ4v) is 3.84. The lowest BCUT2D eigenvalue weighted by Crippen LogP contribution is -2.29. The Hall–Kier alpha value is -2.86. The zero-order valence-electron chi connectivity index (χ0n) is 15.5. The van der Waals surface area contributed by atoms with Crippen LogP contribution >= 0.6 is 0 Å². The first-order valence-electron chi connectivity index (χ1n) is 9.56. The van der Waals surface area contributed by atoms with E-state index in [0.29, 0.717) is 34.9 Å². The van der Waals surface area contributed by atoms with Crippen LogP contribution in [0.25, 0.3) is 22.2 Å². The second-order valence-corrected chi connectivity index (χ2v) is 7.13. The van der Waals surface area contributed by atoms with Gasteiger partial charge in [-0.3, -0.25) is 9.78 Å². The van der Waals surface area contributed by atoms with Gasteiger partial charge in [0.1, 0.15) is 11.9 Å². The molecule has 1 aromatic carbocycles. The zero-order chi connectivity index (χ0) is 19.3. The third-order valence-corrected chi connectivity index (χ3v) is 5.26. The van der Waals surface area contributed by atoms with Crippen LogP contribution in [0.15, 0.2) is 48.7 Å². The summed E-state index contributed by atoms with van der Waals surface area (Å²) in [4.78, 5) is 20.4. The molecule has 0 spiro atoms. The van der Waals surface area contributed by atoms with Crippen LogP contribution in [0.5, 0.6) is 0 Å². The number of carbonyl (C=O) groups is 1. The van der Waals surface area contributed by atoms with E-state index in [1.807, 2.05) is 24.3 Å². The van der Waals surface area contributed by atoms with Gasteiger partial charge in [0, 0.05) is 17.1 Å². The van der Waals surface area contributed by atoms with Crippen molar-refractivity contribution in [2.24, 2.45) is 5.92 Å². The highest BCUT2D eigenvalue weighted by Gasteiger charge is 2.24. The number of benzene rings is 1. The number of hydrogen-bond acceptors (Lipinski definition) is 5. The third kappa shape index (κ3) is 4.02. The van der Waals surface area contributed by atoms with Gasteiger partial charge in [-0.25, -0.2) is 9.37 Å². The molecule has 2 aromatic heterocycles. The molecule has 1 fully saturated rings. The van der Waals surface area contributed by atoms with Crippen LogP contribution in [0.2, 0.25) is 0 Å². The first-order chi connectivity index (χ1) is 13.7. The fourth-order valence-electron chi connectivity index (χ4n) is 3.84. The Labute approximate surface area is 163 Å². The molecule has 0 amide bonds. The highest BCUT2D eigenvalue weighted by Crippen LogP contribution is 2.33. The normalized spacial score (nSPS) is 16.0. The van der Waals surface area contributed by atoms with Crippen molar-refractivity contribution in [2.75, 3.05) is 13.1 Å². The van der Waals surface area contributed by atoms with Crippen molar-refractivity contribution in [3.05, 3.63) is 60.2 Å². The molecule has 0 saturated carbocycles. The standard InChI is InChI=1S/C22H22FN3O2/c23-18-5-1-3-16(12-18)22-21-17(4-2-8-25-21)13-19(26-22)20(28-14-27)11-15-6-9-24-10-7-15/h1-5,8,12-15,20,24H,6-7,9-11H2. The average molecular weight is 379 g/mol. The minimum atomic E-state index is -0.433. The van der Waals surface area contributed by atoms with Gasteiger partial charge in [0.2, 0.25) is 0 Å². The number of nitrogens with zero attached hydrogens (tertiary/aromatic N) is 2. The van der Waals surface area contributed by atoms with Gasteiger partial charge < -0.3 is 10.1 Å². The van der Waals surface area contributed by atoms with Gasteiger partial charge in [-0.15, -0.1) is 0 Å². The SMILES string of the molecule is O=COC(CC1CCNCC1)c1cc2cccnc2c(-c2cccc(F)c2)n1. The molecule has 4 rings (SSSR count). The van der Waals surface area contributed by atoms with E-state index < -0.39 is 6.10 Å². The van der Waals surface area contributed by atoms with Crippen molar-refractivity contribution in [2.45, 2.75) is 25.4 Å². The van der Waals surface area contributed by atoms with E-state index in [1.165, 1.54) is 12.1 Å². The van der Waals surface area contributed by atoms with Crippen molar-refractivity contribution < 1.29 is 13.9 Å². The Balaban J connectivity index is 1.78. The van der Waals surface area contributed by atoms with Crippen LogP contribution in [0.1, 0.15) is 31.1 Å². The quantitative estimate of drug-likeness (QED) is 0.655. The van der Waals surface area contributed by atoms with E-state index in [0.717, 1.165) is 37.7 Å².